The van der Waals surface area contributed by atoms with E-state index < -0.39 is 0 Å². The van der Waals surface area contributed by atoms with Crippen LogP contribution >= 0.6 is 0 Å². The Bertz CT molecular complexity index is 362. The van der Waals surface area contributed by atoms with Crippen LogP contribution in [-0.2, 0) is 12.8 Å². The standard InChI is InChI=1S/C15H23NO/c1-12-10-14-11-13(7-8-15(14)17-12)6-4-3-5-9-16-2/h7-8,11-12,16H,3-6,9-10H2,1-2H3. The number of rotatable bonds is 6. The lowest BCUT2D eigenvalue weighted by Crippen LogP contribution is -2.07. The molecule has 0 radical (unpaired) electrons. The van der Waals surface area contributed by atoms with Gasteiger partial charge in [0.1, 0.15) is 11.9 Å². The molecule has 0 saturated carbocycles. The lowest BCUT2D eigenvalue weighted by molar-refractivity contribution is 0.254. The average molecular weight is 233 g/mol. The van der Waals surface area contributed by atoms with Crippen molar-refractivity contribution in [2.24, 2.45) is 0 Å². The number of ether oxygens (including phenoxy) is 1. The van der Waals surface area contributed by atoms with E-state index in [2.05, 4.69) is 30.4 Å². The Kier molecular flexibility index (Phi) is 4.43. The maximum atomic E-state index is 5.71. The van der Waals surface area contributed by atoms with Gasteiger partial charge in [0.25, 0.3) is 0 Å². The highest BCUT2D eigenvalue weighted by Gasteiger charge is 2.18. The molecule has 0 saturated heterocycles. The Hall–Kier alpha value is -1.02. The van der Waals surface area contributed by atoms with E-state index in [4.69, 9.17) is 4.74 Å². The third-order valence-corrected chi connectivity index (χ3v) is 3.35. The zero-order valence-corrected chi connectivity index (χ0v) is 11.0. The summed E-state index contributed by atoms with van der Waals surface area (Å²) >= 11 is 0. The monoisotopic (exact) mass is 233 g/mol. The maximum Gasteiger partial charge on any atom is 0.123 e. The van der Waals surface area contributed by atoms with E-state index in [1.165, 1.54) is 36.8 Å². The molecule has 0 fully saturated rings. The highest BCUT2D eigenvalue weighted by atomic mass is 16.5. The highest BCUT2D eigenvalue weighted by molar-refractivity contribution is 5.40. The van der Waals surface area contributed by atoms with E-state index in [0.717, 1.165) is 18.7 Å². The van der Waals surface area contributed by atoms with Gasteiger partial charge in [-0.25, -0.2) is 0 Å². The van der Waals surface area contributed by atoms with Crippen molar-refractivity contribution >= 4 is 0 Å². The summed E-state index contributed by atoms with van der Waals surface area (Å²) in [6.07, 6.45) is 6.51. The Labute approximate surface area is 104 Å². The molecule has 0 bridgehead atoms. The first-order valence-corrected chi connectivity index (χ1v) is 6.72. The fourth-order valence-corrected chi connectivity index (χ4v) is 2.44. The van der Waals surface area contributed by atoms with Crippen molar-refractivity contribution in [2.75, 3.05) is 13.6 Å². The predicted molar refractivity (Wildman–Crippen MR) is 71.7 cm³/mol. The van der Waals surface area contributed by atoms with Crippen molar-refractivity contribution in [3.05, 3.63) is 29.3 Å². The fraction of sp³-hybridized carbons (Fsp3) is 0.600. The third-order valence-electron chi connectivity index (χ3n) is 3.35. The van der Waals surface area contributed by atoms with Crippen LogP contribution in [0.5, 0.6) is 5.75 Å². The molecule has 1 atom stereocenters. The summed E-state index contributed by atoms with van der Waals surface area (Å²) in [5.74, 6) is 1.09. The number of aryl methyl sites for hydroxylation is 1. The maximum absolute atomic E-state index is 5.71. The largest absolute Gasteiger partial charge is 0.490 e. The number of fused-ring (bicyclic) bond motifs is 1. The fourth-order valence-electron chi connectivity index (χ4n) is 2.44. The van der Waals surface area contributed by atoms with Crippen LogP contribution in [0.4, 0.5) is 0 Å². The zero-order chi connectivity index (χ0) is 12.1. The van der Waals surface area contributed by atoms with Gasteiger partial charge in [-0.15, -0.1) is 0 Å². The van der Waals surface area contributed by atoms with Crippen molar-refractivity contribution < 1.29 is 4.74 Å². The van der Waals surface area contributed by atoms with Crippen molar-refractivity contribution in [2.45, 2.75) is 45.1 Å². The normalized spacial score (nSPS) is 17.9. The summed E-state index contributed by atoms with van der Waals surface area (Å²) in [5, 5.41) is 3.19. The van der Waals surface area contributed by atoms with Gasteiger partial charge >= 0.3 is 0 Å². The quantitative estimate of drug-likeness (QED) is 0.763. The van der Waals surface area contributed by atoms with Gasteiger partial charge in [-0.05, 0) is 57.0 Å². The Morgan fingerprint density at radius 1 is 1.29 bits per heavy atom. The molecule has 2 rings (SSSR count). The number of nitrogens with one attached hydrogen (secondary N) is 1. The average Bonchev–Trinajstić information content (AvgIpc) is 2.68. The molecule has 0 spiro atoms. The van der Waals surface area contributed by atoms with E-state index in [1.54, 1.807) is 0 Å². The molecule has 1 aromatic rings. The number of benzene rings is 1. The third kappa shape index (κ3) is 3.47. The lowest BCUT2D eigenvalue weighted by atomic mass is 10.0. The first kappa shape index (κ1) is 12.4. The lowest BCUT2D eigenvalue weighted by Gasteiger charge is -2.04. The van der Waals surface area contributed by atoms with Gasteiger partial charge in [-0.3, -0.25) is 0 Å². The molecular formula is C15H23NO. The highest BCUT2D eigenvalue weighted by Crippen LogP contribution is 2.29. The van der Waals surface area contributed by atoms with Gasteiger partial charge in [0.2, 0.25) is 0 Å². The van der Waals surface area contributed by atoms with Gasteiger partial charge in [0.05, 0.1) is 0 Å². The van der Waals surface area contributed by atoms with Crippen LogP contribution in [0.1, 0.15) is 37.3 Å². The van der Waals surface area contributed by atoms with Gasteiger partial charge in [-0.1, -0.05) is 18.6 Å². The molecule has 1 heterocycles. The van der Waals surface area contributed by atoms with Gasteiger partial charge in [0.15, 0.2) is 0 Å². The van der Waals surface area contributed by atoms with E-state index in [-0.39, 0.29) is 0 Å². The van der Waals surface area contributed by atoms with E-state index in [1.807, 2.05) is 7.05 Å². The molecule has 94 valence electrons. The minimum Gasteiger partial charge on any atom is -0.490 e. The molecular weight excluding hydrogens is 210 g/mol. The summed E-state index contributed by atoms with van der Waals surface area (Å²) < 4.78 is 5.71. The smallest absolute Gasteiger partial charge is 0.123 e. The van der Waals surface area contributed by atoms with Crippen molar-refractivity contribution in [3.8, 4) is 5.75 Å². The van der Waals surface area contributed by atoms with Crippen LogP contribution in [0, 0.1) is 0 Å². The second kappa shape index (κ2) is 6.06. The first-order chi connectivity index (χ1) is 8.29. The van der Waals surface area contributed by atoms with Crippen LogP contribution in [0.3, 0.4) is 0 Å². The van der Waals surface area contributed by atoms with E-state index in [0.29, 0.717) is 6.10 Å². The minimum atomic E-state index is 0.357. The predicted octanol–water partition coefficient (Wildman–Crippen LogP) is 2.94. The number of unbranched alkanes of at least 4 members (excludes halogenated alkanes) is 2. The molecule has 0 aliphatic carbocycles. The number of hydrogen-bond acceptors (Lipinski definition) is 2. The topological polar surface area (TPSA) is 21.3 Å². The summed E-state index contributed by atoms with van der Waals surface area (Å²) in [6, 6.07) is 6.69. The summed E-state index contributed by atoms with van der Waals surface area (Å²) in [5.41, 5.74) is 2.86. The molecule has 0 aromatic heterocycles. The first-order valence-electron chi connectivity index (χ1n) is 6.72. The van der Waals surface area contributed by atoms with Gasteiger partial charge in [-0.2, -0.15) is 0 Å². The molecule has 17 heavy (non-hydrogen) atoms. The van der Waals surface area contributed by atoms with Crippen LogP contribution in [0.2, 0.25) is 0 Å². The van der Waals surface area contributed by atoms with Crippen molar-refractivity contribution in [3.63, 3.8) is 0 Å². The SMILES string of the molecule is CNCCCCCc1ccc2c(c1)CC(C)O2. The molecule has 2 nitrogen and oxygen atoms in total. The Balaban J connectivity index is 1.80. The van der Waals surface area contributed by atoms with Crippen molar-refractivity contribution in [1.82, 2.24) is 5.32 Å². The molecule has 0 amide bonds. The van der Waals surface area contributed by atoms with E-state index >= 15 is 0 Å². The summed E-state index contributed by atoms with van der Waals surface area (Å²) in [7, 11) is 2.02. The van der Waals surface area contributed by atoms with Crippen LogP contribution in [0.25, 0.3) is 0 Å². The van der Waals surface area contributed by atoms with Crippen LogP contribution in [-0.4, -0.2) is 19.7 Å². The van der Waals surface area contributed by atoms with Gasteiger partial charge < -0.3 is 10.1 Å². The second-order valence-electron chi connectivity index (χ2n) is 4.99. The van der Waals surface area contributed by atoms with Gasteiger partial charge in [0, 0.05) is 6.42 Å². The molecule has 1 aromatic carbocycles. The zero-order valence-electron chi connectivity index (χ0n) is 11.0. The molecule has 2 heteroatoms. The summed E-state index contributed by atoms with van der Waals surface area (Å²) in [4.78, 5) is 0. The Morgan fingerprint density at radius 2 is 2.18 bits per heavy atom. The summed E-state index contributed by atoms with van der Waals surface area (Å²) in [6.45, 7) is 3.27. The second-order valence-corrected chi connectivity index (χ2v) is 4.99. The number of hydrogen-bond donors (Lipinski definition) is 1. The molecule has 1 unspecified atom stereocenters. The van der Waals surface area contributed by atoms with Crippen molar-refractivity contribution in [1.29, 1.82) is 0 Å². The molecule has 1 aliphatic rings. The van der Waals surface area contributed by atoms with Crippen LogP contribution < -0.4 is 10.1 Å². The minimum absolute atomic E-state index is 0.357. The van der Waals surface area contributed by atoms with E-state index in [9.17, 15) is 0 Å². The van der Waals surface area contributed by atoms with Crippen LogP contribution in [0.15, 0.2) is 18.2 Å². The molecule has 1 N–H and O–H groups in total. The molecule has 1 aliphatic heterocycles. The Morgan fingerprint density at radius 3 is 3.00 bits per heavy atom.